The molecule has 28 heavy (non-hydrogen) atoms. The molecule has 0 saturated carbocycles. The van der Waals surface area contributed by atoms with E-state index in [4.69, 9.17) is 0 Å². The first kappa shape index (κ1) is 20.0. The normalized spacial score (nSPS) is 12.9. The predicted molar refractivity (Wildman–Crippen MR) is 107 cm³/mol. The number of amides is 1. The predicted octanol–water partition coefficient (Wildman–Crippen LogP) is 5.68. The number of nitrogens with zero attached hydrogens (tertiary/aromatic N) is 2. The zero-order chi connectivity index (χ0) is 20.5. The number of carbonyl (C=O) groups is 1. The second kappa shape index (κ2) is 7.70. The molecule has 0 spiro atoms. The van der Waals surface area contributed by atoms with Gasteiger partial charge in [-0.05, 0) is 48.1 Å². The largest absolute Gasteiger partial charge is 0.310 e. The highest BCUT2D eigenvalue weighted by Gasteiger charge is 2.21. The van der Waals surface area contributed by atoms with Crippen LogP contribution in [0.2, 0.25) is 0 Å². The molecule has 2 aromatic heterocycles. The van der Waals surface area contributed by atoms with Crippen LogP contribution in [0.15, 0.2) is 42.6 Å². The molecule has 0 saturated heterocycles. The topological polar surface area (TPSA) is 46.4 Å². The van der Waals surface area contributed by atoms with Crippen molar-refractivity contribution in [3.05, 3.63) is 54.2 Å². The Morgan fingerprint density at radius 2 is 1.93 bits per heavy atom. The van der Waals surface area contributed by atoms with Crippen molar-refractivity contribution in [2.75, 3.05) is 5.32 Å². The van der Waals surface area contributed by atoms with Crippen LogP contribution in [0.1, 0.15) is 40.5 Å². The minimum Gasteiger partial charge on any atom is -0.310 e. The molecule has 0 radical (unpaired) electrons. The van der Waals surface area contributed by atoms with E-state index in [1.54, 1.807) is 16.7 Å². The van der Waals surface area contributed by atoms with Gasteiger partial charge in [0.1, 0.15) is 17.2 Å². The van der Waals surface area contributed by atoms with Crippen molar-refractivity contribution in [3.63, 3.8) is 0 Å². The Morgan fingerprint density at radius 1 is 1.18 bits per heavy atom. The van der Waals surface area contributed by atoms with E-state index < -0.39 is 11.6 Å². The fourth-order valence-corrected chi connectivity index (χ4v) is 3.58. The molecule has 1 aromatic carbocycles. The minimum atomic E-state index is -0.953. The summed E-state index contributed by atoms with van der Waals surface area (Å²) in [6.07, 6.45) is 3.07. The van der Waals surface area contributed by atoms with Gasteiger partial charge in [0.05, 0.1) is 0 Å². The van der Waals surface area contributed by atoms with Gasteiger partial charge >= 0.3 is 0 Å². The summed E-state index contributed by atoms with van der Waals surface area (Å²) in [6, 6.07) is 9.05. The SMILES string of the molecule is C[C@H](CC(=O)Nc1c(-c2ccc(F)c(F)c2)nc2ccccn12)CC(C)(C)C. The van der Waals surface area contributed by atoms with Crippen molar-refractivity contribution in [1.82, 2.24) is 9.38 Å². The average molecular weight is 385 g/mol. The molecule has 0 fully saturated rings. The molecule has 1 amide bonds. The molecule has 148 valence electrons. The Kier molecular flexibility index (Phi) is 5.49. The first-order valence-electron chi connectivity index (χ1n) is 9.36. The second-order valence-electron chi connectivity index (χ2n) is 8.49. The fourth-order valence-electron chi connectivity index (χ4n) is 3.58. The van der Waals surface area contributed by atoms with Gasteiger partial charge in [0.2, 0.25) is 5.91 Å². The first-order valence-corrected chi connectivity index (χ1v) is 9.36. The highest BCUT2D eigenvalue weighted by molar-refractivity contribution is 5.94. The van der Waals surface area contributed by atoms with Crippen LogP contribution in [0.4, 0.5) is 14.6 Å². The van der Waals surface area contributed by atoms with Crippen molar-refractivity contribution in [2.24, 2.45) is 11.3 Å². The van der Waals surface area contributed by atoms with Gasteiger partial charge in [-0.25, -0.2) is 13.8 Å². The van der Waals surface area contributed by atoms with Crippen LogP contribution < -0.4 is 5.32 Å². The monoisotopic (exact) mass is 385 g/mol. The van der Waals surface area contributed by atoms with Crippen molar-refractivity contribution >= 4 is 17.4 Å². The van der Waals surface area contributed by atoms with E-state index in [1.165, 1.54) is 6.07 Å². The maximum absolute atomic E-state index is 13.7. The Hall–Kier alpha value is -2.76. The molecule has 1 atom stereocenters. The molecule has 6 heteroatoms. The van der Waals surface area contributed by atoms with Gasteiger partial charge in [-0.1, -0.05) is 33.8 Å². The average Bonchev–Trinajstić information content (AvgIpc) is 2.94. The number of carbonyl (C=O) groups excluding carboxylic acids is 1. The zero-order valence-corrected chi connectivity index (χ0v) is 16.6. The number of hydrogen-bond donors (Lipinski definition) is 1. The number of nitrogens with one attached hydrogen (secondary N) is 1. The Balaban J connectivity index is 1.93. The highest BCUT2D eigenvalue weighted by atomic mass is 19.2. The number of pyridine rings is 1. The zero-order valence-electron chi connectivity index (χ0n) is 16.6. The third-order valence-electron chi connectivity index (χ3n) is 4.48. The number of rotatable bonds is 5. The van der Waals surface area contributed by atoms with Gasteiger partial charge in [-0.2, -0.15) is 0 Å². The molecule has 0 unspecified atom stereocenters. The van der Waals surface area contributed by atoms with Crippen LogP contribution in [0.5, 0.6) is 0 Å². The maximum Gasteiger partial charge on any atom is 0.225 e. The summed E-state index contributed by atoms with van der Waals surface area (Å²) < 4.78 is 28.8. The number of benzene rings is 1. The molecular formula is C22H25F2N3O. The van der Waals surface area contributed by atoms with Gasteiger partial charge in [-0.15, -0.1) is 0 Å². The maximum atomic E-state index is 13.7. The van der Waals surface area contributed by atoms with Crippen LogP contribution in [0.25, 0.3) is 16.9 Å². The first-order chi connectivity index (χ1) is 13.1. The van der Waals surface area contributed by atoms with Gasteiger partial charge in [-0.3, -0.25) is 9.20 Å². The molecule has 0 aliphatic carbocycles. The molecule has 2 heterocycles. The molecule has 3 aromatic rings. The van der Waals surface area contributed by atoms with E-state index in [0.29, 0.717) is 29.1 Å². The summed E-state index contributed by atoms with van der Waals surface area (Å²) >= 11 is 0. The van der Waals surface area contributed by atoms with Crippen molar-refractivity contribution in [3.8, 4) is 11.3 Å². The van der Waals surface area contributed by atoms with E-state index in [9.17, 15) is 13.6 Å². The Labute approximate surface area is 163 Å². The summed E-state index contributed by atoms with van der Waals surface area (Å²) in [6.45, 7) is 8.49. The number of anilines is 1. The van der Waals surface area contributed by atoms with Crippen LogP contribution >= 0.6 is 0 Å². The molecular weight excluding hydrogens is 360 g/mol. The minimum absolute atomic E-state index is 0.133. The Bertz CT molecular complexity index is 1000. The number of fused-ring (bicyclic) bond motifs is 1. The standard InChI is InChI=1S/C22H25F2N3O/c1-14(13-22(2,3)4)11-19(28)26-21-20(15-8-9-16(23)17(24)12-15)25-18-7-5-6-10-27(18)21/h5-10,12,14H,11,13H2,1-4H3,(H,26,28)/t14-/m1/s1. The van der Waals surface area contributed by atoms with Crippen LogP contribution in [0.3, 0.4) is 0 Å². The number of aromatic nitrogens is 2. The van der Waals surface area contributed by atoms with E-state index in [1.807, 2.05) is 12.1 Å². The Morgan fingerprint density at radius 3 is 2.61 bits per heavy atom. The van der Waals surface area contributed by atoms with Gasteiger partial charge in [0, 0.05) is 18.2 Å². The summed E-state index contributed by atoms with van der Waals surface area (Å²) in [5.41, 5.74) is 1.56. The lowest BCUT2D eigenvalue weighted by Crippen LogP contribution is -2.19. The number of hydrogen-bond acceptors (Lipinski definition) is 2. The summed E-state index contributed by atoms with van der Waals surface area (Å²) in [4.78, 5) is 17.2. The third-order valence-corrected chi connectivity index (χ3v) is 4.48. The summed E-state index contributed by atoms with van der Waals surface area (Å²) in [5.74, 6) is -1.34. The quantitative estimate of drug-likeness (QED) is 0.614. The fraction of sp³-hybridized carbons (Fsp3) is 0.364. The van der Waals surface area contributed by atoms with Crippen molar-refractivity contribution in [2.45, 2.75) is 40.5 Å². The van der Waals surface area contributed by atoms with E-state index in [2.05, 4.69) is 38.0 Å². The second-order valence-corrected chi connectivity index (χ2v) is 8.49. The molecule has 0 aliphatic heterocycles. The van der Waals surface area contributed by atoms with Crippen LogP contribution in [-0.4, -0.2) is 15.3 Å². The lowest BCUT2D eigenvalue weighted by Gasteiger charge is -2.22. The van der Waals surface area contributed by atoms with E-state index in [0.717, 1.165) is 18.6 Å². The molecule has 0 aliphatic rings. The number of halogens is 2. The van der Waals surface area contributed by atoms with Gasteiger partial charge in [0.25, 0.3) is 0 Å². The highest BCUT2D eigenvalue weighted by Crippen LogP contribution is 2.31. The summed E-state index contributed by atoms with van der Waals surface area (Å²) in [7, 11) is 0. The third kappa shape index (κ3) is 4.55. The summed E-state index contributed by atoms with van der Waals surface area (Å²) in [5, 5.41) is 2.93. The lowest BCUT2D eigenvalue weighted by molar-refractivity contribution is -0.117. The van der Waals surface area contributed by atoms with Crippen LogP contribution in [-0.2, 0) is 4.79 Å². The van der Waals surface area contributed by atoms with E-state index >= 15 is 0 Å². The van der Waals surface area contributed by atoms with Gasteiger partial charge in [0.15, 0.2) is 11.6 Å². The molecule has 0 bridgehead atoms. The van der Waals surface area contributed by atoms with Gasteiger partial charge < -0.3 is 5.32 Å². The lowest BCUT2D eigenvalue weighted by atomic mass is 9.84. The van der Waals surface area contributed by atoms with E-state index in [-0.39, 0.29) is 17.2 Å². The van der Waals surface area contributed by atoms with Crippen molar-refractivity contribution in [1.29, 1.82) is 0 Å². The van der Waals surface area contributed by atoms with Crippen molar-refractivity contribution < 1.29 is 13.6 Å². The number of imidazole rings is 1. The smallest absolute Gasteiger partial charge is 0.225 e. The molecule has 3 rings (SSSR count). The van der Waals surface area contributed by atoms with Crippen LogP contribution in [0, 0.1) is 23.0 Å². The molecule has 4 nitrogen and oxygen atoms in total. The molecule has 1 N–H and O–H groups in total.